The molecule has 1 saturated heterocycles. The van der Waals surface area contributed by atoms with Crippen molar-refractivity contribution in [3.63, 3.8) is 0 Å². The first-order chi connectivity index (χ1) is 9.41. The van der Waals surface area contributed by atoms with E-state index in [2.05, 4.69) is 0 Å². The number of rotatable bonds is 3. The number of nitrogens with zero attached hydrogens (tertiary/aromatic N) is 2. The quantitative estimate of drug-likeness (QED) is 0.642. The number of para-hydroxylation sites is 1. The molecule has 1 aromatic carbocycles. The van der Waals surface area contributed by atoms with Crippen LogP contribution in [-0.4, -0.2) is 40.3 Å². The Bertz CT molecular complexity index is 513. The molecule has 1 fully saturated rings. The first-order valence-electron chi connectivity index (χ1n) is 6.35. The van der Waals surface area contributed by atoms with Crippen molar-refractivity contribution in [3.8, 4) is 0 Å². The molecular weight excluding hydrogens is 264 g/mol. The number of anilines is 1. The normalized spacial score (nSPS) is 22.6. The van der Waals surface area contributed by atoms with Gasteiger partial charge in [0.2, 0.25) is 0 Å². The second-order valence-corrected chi connectivity index (χ2v) is 5.01. The van der Waals surface area contributed by atoms with Gasteiger partial charge < -0.3 is 15.1 Å². The SMILES string of the molecule is CC1CCN(c2c(C(=O)O)cccc2[N+](=O)[O-])CC1O. The summed E-state index contributed by atoms with van der Waals surface area (Å²) in [6.07, 6.45) is 0.0388. The van der Waals surface area contributed by atoms with Gasteiger partial charge in [-0.2, -0.15) is 0 Å². The number of hydrogen-bond acceptors (Lipinski definition) is 5. The highest BCUT2D eigenvalue weighted by Crippen LogP contribution is 2.34. The van der Waals surface area contributed by atoms with Gasteiger partial charge in [0.1, 0.15) is 5.69 Å². The highest BCUT2D eigenvalue weighted by atomic mass is 16.6. The maximum Gasteiger partial charge on any atom is 0.338 e. The molecule has 20 heavy (non-hydrogen) atoms. The van der Waals surface area contributed by atoms with Crippen molar-refractivity contribution in [2.24, 2.45) is 5.92 Å². The predicted octanol–water partition coefficient (Wildman–Crippen LogP) is 1.50. The van der Waals surface area contributed by atoms with E-state index >= 15 is 0 Å². The summed E-state index contributed by atoms with van der Waals surface area (Å²) < 4.78 is 0. The molecule has 0 spiro atoms. The molecule has 0 bridgehead atoms. The second-order valence-electron chi connectivity index (χ2n) is 5.01. The Labute approximate surface area is 115 Å². The van der Waals surface area contributed by atoms with Crippen molar-refractivity contribution >= 4 is 17.3 Å². The van der Waals surface area contributed by atoms with Crippen molar-refractivity contribution < 1.29 is 19.9 Å². The first-order valence-corrected chi connectivity index (χ1v) is 6.35. The molecule has 1 aromatic rings. The minimum atomic E-state index is -1.21. The largest absolute Gasteiger partial charge is 0.478 e. The highest BCUT2D eigenvalue weighted by Gasteiger charge is 2.31. The molecular formula is C13H16N2O5. The maximum absolute atomic E-state index is 11.3. The minimum absolute atomic E-state index is 0.0796. The lowest BCUT2D eigenvalue weighted by atomic mass is 9.95. The average Bonchev–Trinajstić information content (AvgIpc) is 2.41. The van der Waals surface area contributed by atoms with E-state index in [0.29, 0.717) is 13.0 Å². The van der Waals surface area contributed by atoms with E-state index < -0.39 is 17.0 Å². The van der Waals surface area contributed by atoms with Crippen LogP contribution < -0.4 is 4.90 Å². The summed E-state index contributed by atoms with van der Waals surface area (Å²) in [5.41, 5.74) is -0.274. The Hall–Kier alpha value is -2.15. The van der Waals surface area contributed by atoms with Crippen molar-refractivity contribution in [2.75, 3.05) is 18.0 Å². The first kappa shape index (κ1) is 14.3. The van der Waals surface area contributed by atoms with Crippen LogP contribution in [0.3, 0.4) is 0 Å². The summed E-state index contributed by atoms with van der Waals surface area (Å²) >= 11 is 0. The van der Waals surface area contributed by atoms with Crippen LogP contribution in [0.15, 0.2) is 18.2 Å². The third-order valence-corrected chi connectivity index (χ3v) is 3.68. The minimum Gasteiger partial charge on any atom is -0.478 e. The number of hydrogen-bond donors (Lipinski definition) is 2. The summed E-state index contributed by atoms with van der Waals surface area (Å²) in [5.74, 6) is -1.11. The zero-order valence-electron chi connectivity index (χ0n) is 11.0. The van der Waals surface area contributed by atoms with Crippen LogP contribution in [0.1, 0.15) is 23.7 Å². The fraction of sp³-hybridized carbons (Fsp3) is 0.462. The van der Waals surface area contributed by atoms with Crippen molar-refractivity contribution in [3.05, 3.63) is 33.9 Å². The highest BCUT2D eigenvalue weighted by molar-refractivity contribution is 5.97. The number of benzene rings is 1. The molecule has 1 aliphatic rings. The monoisotopic (exact) mass is 280 g/mol. The molecule has 1 aliphatic heterocycles. The number of aliphatic hydroxyl groups is 1. The zero-order valence-corrected chi connectivity index (χ0v) is 11.0. The Morgan fingerprint density at radius 3 is 2.75 bits per heavy atom. The summed E-state index contributed by atoms with van der Waals surface area (Å²) in [5, 5.41) is 30.2. The molecule has 1 heterocycles. The van der Waals surface area contributed by atoms with Gasteiger partial charge in [-0.25, -0.2) is 4.79 Å². The lowest BCUT2D eigenvalue weighted by Gasteiger charge is -2.36. The van der Waals surface area contributed by atoms with Gasteiger partial charge in [0.15, 0.2) is 0 Å². The van der Waals surface area contributed by atoms with E-state index in [1.807, 2.05) is 6.92 Å². The Morgan fingerprint density at radius 2 is 2.20 bits per heavy atom. The van der Waals surface area contributed by atoms with Crippen LogP contribution in [0.25, 0.3) is 0 Å². The van der Waals surface area contributed by atoms with Crippen LogP contribution in [0, 0.1) is 16.0 Å². The summed E-state index contributed by atoms with van der Waals surface area (Å²) in [6.45, 7) is 2.59. The zero-order chi connectivity index (χ0) is 14.9. The fourth-order valence-electron chi connectivity index (χ4n) is 2.44. The van der Waals surface area contributed by atoms with Gasteiger partial charge in [-0.1, -0.05) is 13.0 Å². The molecule has 108 valence electrons. The van der Waals surface area contributed by atoms with Gasteiger partial charge in [-0.3, -0.25) is 10.1 Å². The van der Waals surface area contributed by atoms with Gasteiger partial charge in [-0.15, -0.1) is 0 Å². The van der Waals surface area contributed by atoms with E-state index in [4.69, 9.17) is 0 Å². The lowest BCUT2D eigenvalue weighted by molar-refractivity contribution is -0.384. The Kier molecular flexibility index (Phi) is 3.89. The molecule has 2 unspecified atom stereocenters. The van der Waals surface area contributed by atoms with E-state index in [0.717, 1.165) is 0 Å². The van der Waals surface area contributed by atoms with Crippen LogP contribution in [-0.2, 0) is 0 Å². The van der Waals surface area contributed by atoms with Gasteiger partial charge in [0.05, 0.1) is 16.6 Å². The topological polar surface area (TPSA) is 104 Å². The van der Waals surface area contributed by atoms with Gasteiger partial charge in [0, 0.05) is 19.2 Å². The average molecular weight is 280 g/mol. The number of aliphatic hydroxyl groups excluding tert-OH is 1. The number of aromatic carboxylic acids is 1. The summed E-state index contributed by atoms with van der Waals surface area (Å²) in [4.78, 5) is 23.4. The van der Waals surface area contributed by atoms with Crippen molar-refractivity contribution in [2.45, 2.75) is 19.4 Å². The number of piperidine rings is 1. The van der Waals surface area contributed by atoms with E-state index in [-0.39, 0.29) is 29.4 Å². The van der Waals surface area contributed by atoms with Gasteiger partial charge in [0.25, 0.3) is 5.69 Å². The number of nitro benzene ring substituents is 1. The molecule has 0 aliphatic carbocycles. The maximum atomic E-state index is 11.3. The second kappa shape index (κ2) is 5.46. The summed E-state index contributed by atoms with van der Waals surface area (Å²) in [7, 11) is 0. The molecule has 0 saturated carbocycles. The van der Waals surface area contributed by atoms with Crippen LogP contribution in [0.2, 0.25) is 0 Å². The van der Waals surface area contributed by atoms with Crippen LogP contribution in [0.5, 0.6) is 0 Å². The smallest absolute Gasteiger partial charge is 0.338 e. The number of β-amino-alcohol motifs (C(OH)–C–C–N with tert-alkyl or cyclic N) is 1. The molecule has 2 rings (SSSR count). The Morgan fingerprint density at radius 1 is 1.50 bits per heavy atom. The molecule has 7 nitrogen and oxygen atoms in total. The number of nitro groups is 1. The predicted molar refractivity (Wildman–Crippen MR) is 72.1 cm³/mol. The summed E-state index contributed by atoms with van der Waals surface area (Å²) in [6, 6.07) is 3.98. The molecule has 7 heteroatoms. The molecule has 2 N–H and O–H groups in total. The number of carboxylic acid groups (broad SMARTS) is 1. The lowest BCUT2D eigenvalue weighted by Crippen LogP contribution is -2.43. The molecule has 0 amide bonds. The van der Waals surface area contributed by atoms with E-state index in [1.165, 1.54) is 18.2 Å². The van der Waals surface area contributed by atoms with E-state index in [9.17, 15) is 25.1 Å². The number of carbonyl (C=O) groups is 1. The van der Waals surface area contributed by atoms with Crippen LogP contribution in [0.4, 0.5) is 11.4 Å². The number of carboxylic acids is 1. The van der Waals surface area contributed by atoms with Crippen molar-refractivity contribution in [1.29, 1.82) is 0 Å². The van der Waals surface area contributed by atoms with Gasteiger partial charge in [-0.05, 0) is 18.4 Å². The third-order valence-electron chi connectivity index (χ3n) is 3.68. The van der Waals surface area contributed by atoms with Crippen LogP contribution >= 0.6 is 0 Å². The fourth-order valence-corrected chi connectivity index (χ4v) is 2.44. The molecule has 2 atom stereocenters. The molecule has 0 aromatic heterocycles. The molecule has 0 radical (unpaired) electrons. The third kappa shape index (κ3) is 2.57. The van der Waals surface area contributed by atoms with Crippen molar-refractivity contribution in [1.82, 2.24) is 0 Å². The van der Waals surface area contributed by atoms with Gasteiger partial charge >= 0.3 is 5.97 Å². The Balaban J connectivity index is 2.48. The standard InChI is InChI=1S/C13H16N2O5/c1-8-5-6-14(7-11(8)16)12-9(13(17)18)3-2-4-10(12)15(19)20/h2-4,8,11,16H,5-7H2,1H3,(H,17,18). The van der Waals surface area contributed by atoms with E-state index in [1.54, 1.807) is 4.90 Å².